The zero-order valence-corrected chi connectivity index (χ0v) is 13.8. The summed E-state index contributed by atoms with van der Waals surface area (Å²) < 4.78 is 10.6. The van der Waals surface area contributed by atoms with E-state index in [-0.39, 0.29) is 17.1 Å². The Labute approximate surface area is 146 Å². The van der Waals surface area contributed by atoms with Crippen molar-refractivity contribution in [2.45, 2.75) is 6.92 Å². The summed E-state index contributed by atoms with van der Waals surface area (Å²) in [6, 6.07) is 8.67. The Morgan fingerprint density at radius 2 is 2.00 bits per heavy atom. The predicted octanol–water partition coefficient (Wildman–Crippen LogP) is 5.63. The average molecular weight is 365 g/mol. The summed E-state index contributed by atoms with van der Waals surface area (Å²) in [5.41, 5.74) is 0.701. The lowest BCUT2D eigenvalue weighted by Crippen LogP contribution is -1.90. The van der Waals surface area contributed by atoms with E-state index in [1.807, 2.05) is 0 Å². The normalized spacial score (nSPS) is 11.3. The molecule has 0 unspecified atom stereocenters. The Kier molecular flexibility index (Phi) is 4.42. The molecule has 1 aromatic carbocycles. The molecule has 0 spiro atoms. The van der Waals surface area contributed by atoms with E-state index in [9.17, 15) is 10.1 Å². The minimum atomic E-state index is -0.537. The molecule has 8 heteroatoms. The van der Waals surface area contributed by atoms with Gasteiger partial charge in [-0.15, -0.1) is 0 Å². The number of nitrogens with zero attached hydrogens (tertiary/aromatic N) is 2. The molecule has 0 saturated heterocycles. The molecule has 24 heavy (non-hydrogen) atoms. The van der Waals surface area contributed by atoms with E-state index in [1.165, 1.54) is 13.0 Å². The third kappa shape index (κ3) is 3.06. The van der Waals surface area contributed by atoms with E-state index in [2.05, 4.69) is 5.16 Å². The Balaban J connectivity index is 1.90. The van der Waals surface area contributed by atoms with E-state index in [4.69, 9.17) is 32.1 Å². The van der Waals surface area contributed by atoms with Crippen molar-refractivity contribution in [3.8, 4) is 11.3 Å². The molecule has 0 amide bonds. The van der Waals surface area contributed by atoms with E-state index < -0.39 is 4.92 Å². The number of nitro groups is 1. The van der Waals surface area contributed by atoms with Crippen LogP contribution in [0.25, 0.3) is 23.5 Å². The molecular weight excluding hydrogens is 355 g/mol. The first-order valence-electron chi connectivity index (χ1n) is 6.80. The molecule has 0 saturated carbocycles. The van der Waals surface area contributed by atoms with Crippen molar-refractivity contribution in [2.75, 3.05) is 0 Å². The predicted molar refractivity (Wildman–Crippen MR) is 91.0 cm³/mol. The van der Waals surface area contributed by atoms with Crippen LogP contribution in [0, 0.1) is 17.0 Å². The van der Waals surface area contributed by atoms with Gasteiger partial charge in [0.05, 0.1) is 15.0 Å². The van der Waals surface area contributed by atoms with Crippen LogP contribution >= 0.6 is 23.2 Å². The van der Waals surface area contributed by atoms with Crippen LogP contribution in [0.15, 0.2) is 39.3 Å². The van der Waals surface area contributed by atoms with E-state index in [0.29, 0.717) is 27.1 Å². The van der Waals surface area contributed by atoms with Crippen molar-refractivity contribution in [1.29, 1.82) is 0 Å². The summed E-state index contributed by atoms with van der Waals surface area (Å²) in [6.07, 6.45) is 2.98. The van der Waals surface area contributed by atoms with E-state index >= 15 is 0 Å². The van der Waals surface area contributed by atoms with Crippen LogP contribution in [0.3, 0.4) is 0 Å². The first-order chi connectivity index (χ1) is 11.5. The summed E-state index contributed by atoms with van der Waals surface area (Å²) in [6.45, 7) is 1.51. The van der Waals surface area contributed by atoms with Gasteiger partial charge in [0.2, 0.25) is 5.76 Å². The molecule has 2 aromatic heterocycles. The zero-order chi connectivity index (χ0) is 17.3. The maximum Gasteiger partial charge on any atom is 0.338 e. The standard InChI is InChI=1S/C16H10Cl2N2O4/c1-9-16(20(21)22)14(24-19-9)8-6-10-5-7-13(23-10)11-3-2-4-12(17)15(11)18/h2-8H,1H3/b8-6-. The molecule has 3 rings (SSSR count). The monoisotopic (exact) mass is 364 g/mol. The van der Waals surface area contributed by atoms with Gasteiger partial charge in [-0.2, -0.15) is 0 Å². The summed E-state index contributed by atoms with van der Waals surface area (Å²) in [4.78, 5) is 10.5. The van der Waals surface area contributed by atoms with Crippen molar-refractivity contribution in [3.05, 3.63) is 67.7 Å². The molecule has 6 nitrogen and oxygen atoms in total. The SMILES string of the molecule is Cc1noc(/C=C\c2ccc(-c3cccc(Cl)c3Cl)o2)c1[N+](=O)[O-]. The van der Waals surface area contributed by atoms with Gasteiger partial charge in [-0.05, 0) is 43.3 Å². The number of halogens is 2. The Morgan fingerprint density at radius 3 is 2.75 bits per heavy atom. The lowest BCUT2D eigenvalue weighted by Gasteiger charge is -2.01. The molecule has 2 heterocycles. The second-order valence-electron chi connectivity index (χ2n) is 4.87. The molecule has 0 aliphatic rings. The summed E-state index contributed by atoms with van der Waals surface area (Å²) in [5, 5.41) is 15.4. The van der Waals surface area contributed by atoms with Gasteiger partial charge >= 0.3 is 5.69 Å². The van der Waals surface area contributed by atoms with Crippen LogP contribution in [0.1, 0.15) is 17.2 Å². The number of benzene rings is 1. The Bertz CT molecular complexity index is 943. The topological polar surface area (TPSA) is 82.3 Å². The zero-order valence-electron chi connectivity index (χ0n) is 12.3. The fraction of sp³-hybridized carbons (Fsp3) is 0.0625. The number of hydrogen-bond donors (Lipinski definition) is 0. The summed E-state index contributed by atoms with van der Waals surface area (Å²) in [5.74, 6) is 1.06. The first-order valence-corrected chi connectivity index (χ1v) is 7.56. The van der Waals surface area contributed by atoms with Gasteiger partial charge < -0.3 is 8.94 Å². The van der Waals surface area contributed by atoms with Crippen molar-refractivity contribution >= 4 is 41.0 Å². The third-order valence-corrected chi connectivity index (χ3v) is 4.10. The number of hydrogen-bond acceptors (Lipinski definition) is 5. The van der Waals surface area contributed by atoms with Gasteiger partial charge in [0.1, 0.15) is 11.5 Å². The van der Waals surface area contributed by atoms with Gasteiger partial charge in [0, 0.05) is 5.56 Å². The van der Waals surface area contributed by atoms with Crippen LogP contribution in [0.4, 0.5) is 5.69 Å². The molecular formula is C16H10Cl2N2O4. The van der Waals surface area contributed by atoms with Gasteiger partial charge in [0.25, 0.3) is 0 Å². The number of furan rings is 1. The van der Waals surface area contributed by atoms with Crippen LogP contribution in [0.2, 0.25) is 10.0 Å². The highest BCUT2D eigenvalue weighted by molar-refractivity contribution is 6.43. The van der Waals surface area contributed by atoms with Gasteiger partial charge in [0.15, 0.2) is 5.69 Å². The highest BCUT2D eigenvalue weighted by atomic mass is 35.5. The lowest BCUT2D eigenvalue weighted by atomic mass is 10.2. The van der Waals surface area contributed by atoms with Crippen LogP contribution in [-0.2, 0) is 0 Å². The molecule has 0 fully saturated rings. The second kappa shape index (κ2) is 6.51. The minimum absolute atomic E-state index is 0.0521. The van der Waals surface area contributed by atoms with Crippen molar-refractivity contribution in [3.63, 3.8) is 0 Å². The third-order valence-electron chi connectivity index (χ3n) is 3.28. The minimum Gasteiger partial charge on any atom is -0.457 e. The first kappa shape index (κ1) is 16.3. The lowest BCUT2D eigenvalue weighted by molar-refractivity contribution is -0.386. The van der Waals surface area contributed by atoms with Crippen molar-refractivity contribution < 1.29 is 13.9 Å². The highest BCUT2D eigenvalue weighted by Gasteiger charge is 2.22. The van der Waals surface area contributed by atoms with Gasteiger partial charge in [-0.25, -0.2) is 0 Å². The van der Waals surface area contributed by atoms with Gasteiger partial charge in [-0.1, -0.05) is 34.4 Å². The molecule has 0 bridgehead atoms. The number of aromatic nitrogens is 1. The second-order valence-corrected chi connectivity index (χ2v) is 5.66. The van der Waals surface area contributed by atoms with Gasteiger partial charge in [-0.3, -0.25) is 10.1 Å². The van der Waals surface area contributed by atoms with Crippen LogP contribution < -0.4 is 0 Å². The highest BCUT2D eigenvalue weighted by Crippen LogP contribution is 2.34. The number of aryl methyl sites for hydroxylation is 1. The Hall–Kier alpha value is -2.57. The van der Waals surface area contributed by atoms with Crippen LogP contribution in [-0.4, -0.2) is 10.1 Å². The summed E-state index contributed by atoms with van der Waals surface area (Å²) in [7, 11) is 0. The largest absolute Gasteiger partial charge is 0.457 e. The molecule has 0 aliphatic heterocycles. The average Bonchev–Trinajstić information content (AvgIpc) is 3.14. The fourth-order valence-electron chi connectivity index (χ4n) is 2.15. The van der Waals surface area contributed by atoms with Crippen LogP contribution in [0.5, 0.6) is 0 Å². The maximum atomic E-state index is 11.0. The molecule has 0 N–H and O–H groups in total. The van der Waals surface area contributed by atoms with Crippen molar-refractivity contribution in [2.24, 2.45) is 0 Å². The van der Waals surface area contributed by atoms with E-state index in [1.54, 1.807) is 36.4 Å². The molecule has 0 radical (unpaired) electrons. The smallest absolute Gasteiger partial charge is 0.338 e. The fourth-order valence-corrected chi connectivity index (χ4v) is 2.55. The maximum absolute atomic E-state index is 11.0. The van der Waals surface area contributed by atoms with E-state index in [0.717, 1.165) is 0 Å². The molecule has 122 valence electrons. The quantitative estimate of drug-likeness (QED) is 0.442. The molecule has 0 aliphatic carbocycles. The number of rotatable bonds is 4. The van der Waals surface area contributed by atoms with Crippen molar-refractivity contribution in [1.82, 2.24) is 5.16 Å². The Morgan fingerprint density at radius 1 is 1.21 bits per heavy atom. The molecule has 0 atom stereocenters. The molecule has 3 aromatic rings. The summed E-state index contributed by atoms with van der Waals surface area (Å²) >= 11 is 12.2.